The number of rotatable bonds is 6. The first-order valence-electron chi connectivity index (χ1n) is 6.89. The maximum atomic E-state index is 11.8. The standard InChI is InChI=1S/C15H19NO6/c17-9-14(10-18)7-15(8-14,12(19)20)16-13(21)22-6-11-4-2-1-3-5-11/h1-5,17-18H,6-10H2,(H,16,21)(H,19,20). The van der Waals surface area contributed by atoms with E-state index in [1.54, 1.807) is 24.3 Å². The predicted octanol–water partition coefficient (Wildman–Crippen LogP) is 0.501. The van der Waals surface area contributed by atoms with Gasteiger partial charge in [0.2, 0.25) is 0 Å². The van der Waals surface area contributed by atoms with E-state index < -0.39 is 23.0 Å². The molecule has 0 radical (unpaired) electrons. The van der Waals surface area contributed by atoms with Crippen LogP contribution in [0, 0.1) is 5.41 Å². The average molecular weight is 309 g/mol. The van der Waals surface area contributed by atoms with E-state index in [4.69, 9.17) is 4.74 Å². The molecule has 4 N–H and O–H groups in total. The molecule has 0 heterocycles. The van der Waals surface area contributed by atoms with Gasteiger partial charge in [-0.2, -0.15) is 0 Å². The minimum atomic E-state index is -1.50. The number of aliphatic hydroxyl groups is 2. The van der Waals surface area contributed by atoms with Gasteiger partial charge in [-0.15, -0.1) is 0 Å². The van der Waals surface area contributed by atoms with Crippen molar-refractivity contribution in [3.05, 3.63) is 35.9 Å². The molecule has 0 bridgehead atoms. The second kappa shape index (κ2) is 6.33. The summed E-state index contributed by atoms with van der Waals surface area (Å²) in [6.07, 6.45) is -0.915. The van der Waals surface area contributed by atoms with Gasteiger partial charge in [-0.1, -0.05) is 30.3 Å². The number of benzene rings is 1. The molecule has 7 heteroatoms. The summed E-state index contributed by atoms with van der Waals surface area (Å²) < 4.78 is 5.01. The summed E-state index contributed by atoms with van der Waals surface area (Å²) in [5, 5.41) is 30.1. The predicted molar refractivity (Wildman–Crippen MR) is 76.0 cm³/mol. The van der Waals surface area contributed by atoms with E-state index in [0.29, 0.717) is 0 Å². The number of alkyl carbamates (subject to hydrolysis) is 1. The van der Waals surface area contributed by atoms with Crippen LogP contribution in [0.5, 0.6) is 0 Å². The molecule has 120 valence electrons. The lowest BCUT2D eigenvalue weighted by molar-refractivity contribution is -0.162. The SMILES string of the molecule is O=C(NC1(C(=O)O)CC(CO)(CO)C1)OCc1ccccc1. The van der Waals surface area contributed by atoms with Crippen molar-refractivity contribution in [1.82, 2.24) is 5.32 Å². The van der Waals surface area contributed by atoms with Crippen molar-refractivity contribution in [3.63, 3.8) is 0 Å². The van der Waals surface area contributed by atoms with Crippen LogP contribution in [0.1, 0.15) is 18.4 Å². The van der Waals surface area contributed by atoms with Crippen molar-refractivity contribution < 1.29 is 29.6 Å². The lowest BCUT2D eigenvalue weighted by Crippen LogP contribution is -2.68. The number of carboxylic acid groups (broad SMARTS) is 1. The fourth-order valence-corrected chi connectivity index (χ4v) is 2.75. The lowest BCUT2D eigenvalue weighted by atomic mass is 9.58. The topological polar surface area (TPSA) is 116 Å². The fraction of sp³-hybridized carbons (Fsp3) is 0.467. The molecule has 1 aliphatic rings. The number of aliphatic carboxylic acids is 1. The van der Waals surface area contributed by atoms with Gasteiger partial charge < -0.3 is 25.4 Å². The monoisotopic (exact) mass is 309 g/mol. The molecule has 1 fully saturated rings. The van der Waals surface area contributed by atoms with E-state index >= 15 is 0 Å². The third-order valence-corrected chi connectivity index (χ3v) is 3.99. The highest BCUT2D eigenvalue weighted by molar-refractivity contribution is 5.86. The molecule has 0 saturated heterocycles. The molecule has 2 rings (SSSR count). The Morgan fingerprint density at radius 3 is 2.23 bits per heavy atom. The molecule has 0 aliphatic heterocycles. The Morgan fingerprint density at radius 2 is 1.73 bits per heavy atom. The van der Waals surface area contributed by atoms with Crippen molar-refractivity contribution in [3.8, 4) is 0 Å². The maximum Gasteiger partial charge on any atom is 0.408 e. The minimum Gasteiger partial charge on any atom is -0.480 e. The van der Waals surface area contributed by atoms with Crippen LogP contribution in [0.4, 0.5) is 4.79 Å². The summed E-state index contributed by atoms with van der Waals surface area (Å²) in [6, 6.07) is 9.01. The normalized spacial score (nSPS) is 18.1. The first kappa shape index (κ1) is 16.3. The zero-order valence-electron chi connectivity index (χ0n) is 12.0. The van der Waals surface area contributed by atoms with Crippen molar-refractivity contribution in [1.29, 1.82) is 0 Å². The van der Waals surface area contributed by atoms with Gasteiger partial charge in [-0.25, -0.2) is 9.59 Å². The third-order valence-electron chi connectivity index (χ3n) is 3.99. The first-order chi connectivity index (χ1) is 10.5. The summed E-state index contributed by atoms with van der Waals surface area (Å²) >= 11 is 0. The van der Waals surface area contributed by atoms with Gasteiger partial charge >= 0.3 is 12.1 Å². The largest absolute Gasteiger partial charge is 0.480 e. The van der Waals surface area contributed by atoms with Gasteiger partial charge in [0.05, 0.1) is 13.2 Å². The molecule has 1 aromatic rings. The summed E-state index contributed by atoms with van der Waals surface area (Å²) in [6.45, 7) is -0.633. The lowest BCUT2D eigenvalue weighted by Gasteiger charge is -2.51. The Balaban J connectivity index is 1.92. The number of carbonyl (C=O) groups is 2. The van der Waals surface area contributed by atoms with Gasteiger partial charge in [0, 0.05) is 5.41 Å². The second-order valence-corrected chi connectivity index (χ2v) is 5.74. The molecule has 1 amide bonds. The summed E-state index contributed by atoms with van der Waals surface area (Å²) in [5.41, 5.74) is -1.58. The fourth-order valence-electron chi connectivity index (χ4n) is 2.75. The maximum absolute atomic E-state index is 11.8. The Bertz CT molecular complexity index is 532. The van der Waals surface area contributed by atoms with Crippen molar-refractivity contribution in [2.75, 3.05) is 13.2 Å². The van der Waals surface area contributed by atoms with Gasteiger partial charge in [0.1, 0.15) is 12.1 Å². The molecule has 1 aliphatic carbocycles. The van der Waals surface area contributed by atoms with Crippen LogP contribution in [0.25, 0.3) is 0 Å². The molecule has 1 aromatic carbocycles. The number of carbonyl (C=O) groups excluding carboxylic acids is 1. The number of aliphatic hydroxyl groups excluding tert-OH is 2. The van der Waals surface area contributed by atoms with E-state index in [1.165, 1.54) is 0 Å². The van der Waals surface area contributed by atoms with Crippen molar-refractivity contribution >= 4 is 12.1 Å². The molecule has 0 unspecified atom stereocenters. The Labute approximate surface area is 127 Å². The summed E-state index contributed by atoms with van der Waals surface area (Å²) in [5.74, 6) is -1.21. The number of hydrogen-bond donors (Lipinski definition) is 4. The molecule has 22 heavy (non-hydrogen) atoms. The van der Waals surface area contributed by atoms with Gasteiger partial charge in [-0.05, 0) is 18.4 Å². The highest BCUT2D eigenvalue weighted by atomic mass is 16.5. The highest BCUT2D eigenvalue weighted by Crippen LogP contribution is 2.48. The van der Waals surface area contributed by atoms with Crippen LogP contribution in [-0.2, 0) is 16.1 Å². The number of nitrogens with one attached hydrogen (secondary N) is 1. The molecule has 0 atom stereocenters. The van der Waals surface area contributed by atoms with Gasteiger partial charge in [0.25, 0.3) is 0 Å². The minimum absolute atomic E-state index is 0.0352. The van der Waals surface area contributed by atoms with E-state index in [9.17, 15) is 24.9 Å². The molecule has 0 aromatic heterocycles. The van der Waals surface area contributed by atoms with Gasteiger partial charge in [0.15, 0.2) is 0 Å². The summed E-state index contributed by atoms with van der Waals surface area (Å²) in [7, 11) is 0. The van der Waals surface area contributed by atoms with Crippen LogP contribution in [0.15, 0.2) is 30.3 Å². The molecule has 1 saturated carbocycles. The quantitative estimate of drug-likeness (QED) is 0.608. The molecular formula is C15H19NO6. The zero-order valence-corrected chi connectivity index (χ0v) is 12.0. The average Bonchev–Trinajstić information content (AvgIpc) is 2.49. The molecule has 0 spiro atoms. The van der Waals surface area contributed by atoms with Crippen LogP contribution in [0.3, 0.4) is 0 Å². The second-order valence-electron chi connectivity index (χ2n) is 5.74. The number of carboxylic acids is 1. The molecular weight excluding hydrogens is 290 g/mol. The smallest absolute Gasteiger partial charge is 0.408 e. The number of amides is 1. The Hall–Kier alpha value is -2.12. The van der Waals surface area contributed by atoms with Crippen molar-refractivity contribution in [2.24, 2.45) is 5.41 Å². The van der Waals surface area contributed by atoms with Crippen LogP contribution in [-0.4, -0.2) is 46.1 Å². The number of ether oxygens (including phenoxy) is 1. The summed E-state index contributed by atoms with van der Waals surface area (Å²) in [4.78, 5) is 23.2. The van der Waals surface area contributed by atoms with E-state index in [-0.39, 0.29) is 32.7 Å². The first-order valence-corrected chi connectivity index (χ1v) is 6.89. The Morgan fingerprint density at radius 1 is 1.14 bits per heavy atom. The third kappa shape index (κ3) is 3.20. The van der Waals surface area contributed by atoms with Crippen molar-refractivity contribution in [2.45, 2.75) is 25.0 Å². The highest BCUT2D eigenvalue weighted by Gasteiger charge is 2.60. The van der Waals surface area contributed by atoms with Crippen LogP contribution >= 0.6 is 0 Å². The molecule has 7 nitrogen and oxygen atoms in total. The zero-order chi connectivity index (χ0) is 16.2. The van der Waals surface area contributed by atoms with E-state index in [0.717, 1.165) is 5.56 Å². The Kier molecular flexibility index (Phi) is 4.68. The number of hydrogen-bond acceptors (Lipinski definition) is 5. The van der Waals surface area contributed by atoms with Crippen LogP contribution < -0.4 is 5.32 Å². The van der Waals surface area contributed by atoms with Crippen LogP contribution in [0.2, 0.25) is 0 Å². The van der Waals surface area contributed by atoms with E-state index in [2.05, 4.69) is 5.32 Å². The van der Waals surface area contributed by atoms with E-state index in [1.807, 2.05) is 6.07 Å². The van der Waals surface area contributed by atoms with Gasteiger partial charge in [-0.3, -0.25) is 0 Å².